The number of aromatic amines is 1. The highest BCUT2D eigenvalue weighted by atomic mass is 16.2. The van der Waals surface area contributed by atoms with Gasteiger partial charge in [0.25, 0.3) is 5.91 Å². The van der Waals surface area contributed by atoms with Gasteiger partial charge in [-0.3, -0.25) is 4.79 Å². The molecule has 1 saturated heterocycles. The van der Waals surface area contributed by atoms with Crippen LogP contribution in [-0.4, -0.2) is 48.0 Å². The van der Waals surface area contributed by atoms with Crippen LogP contribution in [0.25, 0.3) is 10.9 Å². The van der Waals surface area contributed by atoms with E-state index >= 15 is 0 Å². The van der Waals surface area contributed by atoms with Crippen LogP contribution in [-0.2, 0) is 12.8 Å². The number of likely N-dealkylation sites (tertiary alicyclic amines) is 1. The van der Waals surface area contributed by atoms with Crippen LogP contribution in [0.5, 0.6) is 0 Å². The fraction of sp³-hybridized carbons (Fsp3) is 0.385. The van der Waals surface area contributed by atoms with Crippen LogP contribution in [0, 0.1) is 5.92 Å². The second-order valence-electron chi connectivity index (χ2n) is 8.53. The molecular formula is C26H32N4O2. The third kappa shape index (κ3) is 5.31. The van der Waals surface area contributed by atoms with Gasteiger partial charge in [0, 0.05) is 48.8 Å². The maximum atomic E-state index is 12.5. The second-order valence-corrected chi connectivity index (χ2v) is 8.53. The van der Waals surface area contributed by atoms with Gasteiger partial charge in [-0.1, -0.05) is 30.3 Å². The SMILES string of the molecule is CCNC(=O)N1CCC(Cc2ccc(C(=O)NCCc3c[nH]c4ccccc34)cc2)CC1. The standard InChI is InChI=1S/C26H32N4O2/c1-2-27-26(32)30-15-12-20(13-16-30)17-19-7-9-21(10-8-19)25(31)28-14-11-22-18-29-24-6-4-3-5-23(22)24/h3-10,18,20,29H,2,11-17H2,1H3,(H,27,32)(H,28,31). The number of nitrogens with zero attached hydrogens (tertiary/aromatic N) is 1. The van der Waals surface area contributed by atoms with Gasteiger partial charge < -0.3 is 20.5 Å². The number of rotatable bonds is 7. The van der Waals surface area contributed by atoms with E-state index in [1.807, 2.05) is 42.3 Å². The van der Waals surface area contributed by atoms with E-state index in [1.165, 1.54) is 16.5 Å². The third-order valence-electron chi connectivity index (χ3n) is 6.33. The highest BCUT2D eigenvalue weighted by Crippen LogP contribution is 2.22. The van der Waals surface area contributed by atoms with Gasteiger partial charge in [-0.15, -0.1) is 0 Å². The summed E-state index contributed by atoms with van der Waals surface area (Å²) in [5, 5.41) is 7.12. The van der Waals surface area contributed by atoms with Crippen molar-refractivity contribution >= 4 is 22.8 Å². The number of H-pyrrole nitrogens is 1. The number of carbonyl (C=O) groups excluding carboxylic acids is 2. The Morgan fingerprint density at radius 3 is 2.53 bits per heavy atom. The number of amides is 3. The molecule has 32 heavy (non-hydrogen) atoms. The van der Waals surface area contributed by atoms with Crippen molar-refractivity contribution in [3.63, 3.8) is 0 Å². The summed E-state index contributed by atoms with van der Waals surface area (Å²) < 4.78 is 0. The summed E-state index contributed by atoms with van der Waals surface area (Å²) in [6.07, 6.45) is 5.85. The molecule has 3 amide bonds. The lowest BCUT2D eigenvalue weighted by Crippen LogP contribution is -2.44. The van der Waals surface area contributed by atoms with Crippen LogP contribution < -0.4 is 10.6 Å². The van der Waals surface area contributed by atoms with Crippen LogP contribution in [0.1, 0.15) is 41.3 Å². The van der Waals surface area contributed by atoms with Gasteiger partial charge in [0.1, 0.15) is 0 Å². The van der Waals surface area contributed by atoms with E-state index in [4.69, 9.17) is 0 Å². The lowest BCUT2D eigenvalue weighted by atomic mass is 9.90. The Morgan fingerprint density at radius 1 is 1.03 bits per heavy atom. The number of nitrogens with one attached hydrogen (secondary N) is 3. The fourth-order valence-corrected chi connectivity index (χ4v) is 4.48. The monoisotopic (exact) mass is 432 g/mol. The fourth-order valence-electron chi connectivity index (χ4n) is 4.48. The summed E-state index contributed by atoms with van der Waals surface area (Å²) in [7, 11) is 0. The summed E-state index contributed by atoms with van der Waals surface area (Å²) in [5.41, 5.74) is 4.28. The van der Waals surface area contributed by atoms with Crippen molar-refractivity contribution in [1.29, 1.82) is 0 Å². The minimum absolute atomic E-state index is 0.0355. The largest absolute Gasteiger partial charge is 0.361 e. The summed E-state index contributed by atoms with van der Waals surface area (Å²) in [6.45, 7) is 4.84. The maximum Gasteiger partial charge on any atom is 0.317 e. The molecule has 4 rings (SSSR count). The molecule has 1 aliphatic rings. The van der Waals surface area contributed by atoms with Crippen LogP contribution in [0.2, 0.25) is 0 Å². The molecule has 6 nitrogen and oxygen atoms in total. The predicted octanol–water partition coefficient (Wildman–Crippen LogP) is 4.12. The molecule has 0 unspecified atom stereocenters. The number of carbonyl (C=O) groups is 2. The molecule has 168 valence electrons. The Bertz CT molecular complexity index is 1050. The quantitative estimate of drug-likeness (QED) is 0.525. The zero-order chi connectivity index (χ0) is 22.3. The van der Waals surface area contributed by atoms with Gasteiger partial charge in [-0.05, 0) is 67.9 Å². The number of hydrogen-bond acceptors (Lipinski definition) is 2. The van der Waals surface area contributed by atoms with Crippen LogP contribution in [0.3, 0.4) is 0 Å². The molecule has 0 aliphatic carbocycles. The molecule has 3 aromatic rings. The van der Waals surface area contributed by atoms with E-state index in [9.17, 15) is 9.59 Å². The Morgan fingerprint density at radius 2 is 1.78 bits per heavy atom. The van der Waals surface area contributed by atoms with Gasteiger partial charge >= 0.3 is 6.03 Å². The molecule has 2 heterocycles. The lowest BCUT2D eigenvalue weighted by molar-refractivity contribution is 0.0954. The minimum atomic E-state index is -0.0355. The molecule has 2 aromatic carbocycles. The van der Waals surface area contributed by atoms with E-state index in [2.05, 4.69) is 39.9 Å². The summed E-state index contributed by atoms with van der Waals surface area (Å²) in [6, 6.07) is 16.2. The van der Waals surface area contributed by atoms with E-state index in [1.54, 1.807) is 0 Å². The molecule has 1 aromatic heterocycles. The number of para-hydroxylation sites is 1. The van der Waals surface area contributed by atoms with Crippen LogP contribution >= 0.6 is 0 Å². The van der Waals surface area contributed by atoms with Gasteiger partial charge in [0.15, 0.2) is 0 Å². The van der Waals surface area contributed by atoms with Crippen molar-refractivity contribution < 1.29 is 9.59 Å². The third-order valence-corrected chi connectivity index (χ3v) is 6.33. The van der Waals surface area contributed by atoms with Crippen molar-refractivity contribution in [2.75, 3.05) is 26.2 Å². The van der Waals surface area contributed by atoms with Crippen LogP contribution in [0.15, 0.2) is 54.7 Å². The minimum Gasteiger partial charge on any atom is -0.361 e. The van der Waals surface area contributed by atoms with E-state index in [0.717, 1.165) is 44.3 Å². The van der Waals surface area contributed by atoms with Crippen molar-refractivity contribution in [3.05, 3.63) is 71.4 Å². The van der Waals surface area contributed by atoms with Crippen LogP contribution in [0.4, 0.5) is 4.79 Å². The molecule has 0 atom stereocenters. The van der Waals surface area contributed by atoms with Crippen molar-refractivity contribution in [2.45, 2.75) is 32.6 Å². The molecule has 3 N–H and O–H groups in total. The molecule has 1 fully saturated rings. The van der Waals surface area contributed by atoms with Gasteiger partial charge in [-0.25, -0.2) is 4.79 Å². The molecule has 0 spiro atoms. The Hall–Kier alpha value is -3.28. The Kier molecular flexibility index (Phi) is 7.10. The number of hydrogen-bond donors (Lipinski definition) is 3. The number of piperidine rings is 1. The normalized spacial score (nSPS) is 14.5. The highest BCUT2D eigenvalue weighted by molar-refractivity contribution is 5.94. The first-order valence-electron chi connectivity index (χ1n) is 11.6. The average Bonchev–Trinajstić information content (AvgIpc) is 3.23. The molecule has 0 bridgehead atoms. The molecule has 0 saturated carbocycles. The van der Waals surface area contributed by atoms with E-state index in [0.29, 0.717) is 24.6 Å². The van der Waals surface area contributed by atoms with Crippen molar-refractivity contribution in [1.82, 2.24) is 20.5 Å². The first-order valence-corrected chi connectivity index (χ1v) is 11.6. The summed E-state index contributed by atoms with van der Waals surface area (Å²) in [5.74, 6) is 0.545. The number of aromatic nitrogens is 1. The molecule has 6 heteroatoms. The number of benzene rings is 2. The Balaban J connectivity index is 1.23. The summed E-state index contributed by atoms with van der Waals surface area (Å²) in [4.78, 5) is 29.7. The predicted molar refractivity (Wildman–Crippen MR) is 128 cm³/mol. The molecular weight excluding hydrogens is 400 g/mol. The molecule has 0 radical (unpaired) electrons. The summed E-state index contributed by atoms with van der Waals surface area (Å²) >= 11 is 0. The zero-order valence-electron chi connectivity index (χ0n) is 18.7. The van der Waals surface area contributed by atoms with Crippen molar-refractivity contribution in [2.24, 2.45) is 5.92 Å². The van der Waals surface area contributed by atoms with E-state index in [-0.39, 0.29) is 11.9 Å². The topological polar surface area (TPSA) is 77.2 Å². The second kappa shape index (κ2) is 10.4. The van der Waals surface area contributed by atoms with Gasteiger partial charge in [0.2, 0.25) is 0 Å². The van der Waals surface area contributed by atoms with E-state index < -0.39 is 0 Å². The van der Waals surface area contributed by atoms with Gasteiger partial charge in [-0.2, -0.15) is 0 Å². The first kappa shape index (κ1) is 21.9. The zero-order valence-corrected chi connectivity index (χ0v) is 18.7. The van der Waals surface area contributed by atoms with Crippen molar-refractivity contribution in [3.8, 4) is 0 Å². The average molecular weight is 433 g/mol. The molecule has 1 aliphatic heterocycles. The Labute approximate surface area is 189 Å². The maximum absolute atomic E-state index is 12.5. The lowest BCUT2D eigenvalue weighted by Gasteiger charge is -2.32. The number of urea groups is 1. The smallest absolute Gasteiger partial charge is 0.317 e. The number of fused-ring (bicyclic) bond motifs is 1. The first-order chi connectivity index (χ1) is 15.6. The highest BCUT2D eigenvalue weighted by Gasteiger charge is 2.22. The van der Waals surface area contributed by atoms with Gasteiger partial charge in [0.05, 0.1) is 0 Å².